The second kappa shape index (κ2) is 4.13. The molecule has 0 bridgehead atoms. The van der Waals surface area contributed by atoms with Crippen LogP contribution in [0.1, 0.15) is 0 Å². The summed E-state index contributed by atoms with van der Waals surface area (Å²) in [5.74, 6) is 0. The molecular weight excluding hydrogens is 184 g/mol. The summed E-state index contributed by atoms with van der Waals surface area (Å²) in [4.78, 5) is 6.30. The van der Waals surface area contributed by atoms with Crippen molar-refractivity contribution < 1.29 is 0 Å². The van der Waals surface area contributed by atoms with Crippen molar-refractivity contribution in [2.24, 2.45) is 0 Å². The van der Waals surface area contributed by atoms with Crippen LogP contribution >= 0.6 is 0 Å². The molecule has 0 N–H and O–H groups in total. The smallest absolute Gasteiger partial charge is 0.0553 e. The number of nitrogens with zero attached hydrogens (tertiary/aromatic N) is 2. The Hall–Kier alpha value is -1.83. The number of benzene rings is 1. The average molecular weight is 198 g/mol. The summed E-state index contributed by atoms with van der Waals surface area (Å²) < 4.78 is 0. The minimum atomic E-state index is 1.12. The van der Waals surface area contributed by atoms with E-state index in [2.05, 4.69) is 28.1 Å². The second-order valence-corrected chi connectivity index (χ2v) is 3.69. The SMILES string of the molecule is CN(C)c1cncc(-c2ccccc2)c1. The van der Waals surface area contributed by atoms with Gasteiger partial charge in [-0.25, -0.2) is 0 Å². The largest absolute Gasteiger partial charge is 0.376 e. The summed E-state index contributed by atoms with van der Waals surface area (Å²) in [6.07, 6.45) is 3.76. The van der Waals surface area contributed by atoms with E-state index < -0.39 is 0 Å². The van der Waals surface area contributed by atoms with Crippen molar-refractivity contribution in [2.75, 3.05) is 19.0 Å². The van der Waals surface area contributed by atoms with Gasteiger partial charge in [0.15, 0.2) is 0 Å². The number of hydrogen-bond acceptors (Lipinski definition) is 2. The molecule has 0 radical (unpaired) electrons. The Labute approximate surface area is 90.2 Å². The maximum atomic E-state index is 4.24. The quantitative estimate of drug-likeness (QED) is 0.737. The Bertz CT molecular complexity index is 435. The monoisotopic (exact) mass is 198 g/mol. The van der Waals surface area contributed by atoms with Crippen LogP contribution in [0.5, 0.6) is 0 Å². The molecule has 15 heavy (non-hydrogen) atoms. The Morgan fingerprint density at radius 3 is 2.33 bits per heavy atom. The van der Waals surface area contributed by atoms with Crippen molar-refractivity contribution in [3.63, 3.8) is 0 Å². The third-order valence-corrected chi connectivity index (χ3v) is 2.35. The van der Waals surface area contributed by atoms with E-state index in [1.165, 1.54) is 5.56 Å². The minimum absolute atomic E-state index is 1.12. The topological polar surface area (TPSA) is 16.1 Å². The van der Waals surface area contributed by atoms with Gasteiger partial charge in [-0.15, -0.1) is 0 Å². The van der Waals surface area contributed by atoms with E-state index in [0.717, 1.165) is 11.3 Å². The van der Waals surface area contributed by atoms with E-state index in [4.69, 9.17) is 0 Å². The van der Waals surface area contributed by atoms with Gasteiger partial charge in [-0.3, -0.25) is 4.98 Å². The van der Waals surface area contributed by atoms with E-state index in [1.807, 2.05) is 44.7 Å². The Balaban J connectivity index is 2.42. The molecule has 0 fully saturated rings. The van der Waals surface area contributed by atoms with Gasteiger partial charge in [0.2, 0.25) is 0 Å². The van der Waals surface area contributed by atoms with E-state index in [9.17, 15) is 0 Å². The van der Waals surface area contributed by atoms with Crippen LogP contribution in [0.3, 0.4) is 0 Å². The predicted octanol–water partition coefficient (Wildman–Crippen LogP) is 2.81. The third-order valence-electron chi connectivity index (χ3n) is 2.35. The van der Waals surface area contributed by atoms with Crippen LogP contribution in [0, 0.1) is 0 Å². The van der Waals surface area contributed by atoms with Gasteiger partial charge in [0.05, 0.1) is 11.9 Å². The van der Waals surface area contributed by atoms with E-state index in [1.54, 1.807) is 0 Å². The lowest BCUT2D eigenvalue weighted by Gasteiger charge is -2.12. The fourth-order valence-electron chi connectivity index (χ4n) is 1.46. The van der Waals surface area contributed by atoms with Crippen LogP contribution in [0.4, 0.5) is 5.69 Å². The number of aromatic nitrogens is 1. The maximum absolute atomic E-state index is 4.24. The minimum Gasteiger partial charge on any atom is -0.376 e. The van der Waals surface area contributed by atoms with Crippen LogP contribution < -0.4 is 4.90 Å². The van der Waals surface area contributed by atoms with Crippen LogP contribution in [-0.2, 0) is 0 Å². The molecule has 1 heterocycles. The van der Waals surface area contributed by atoms with Crippen molar-refractivity contribution in [1.82, 2.24) is 4.98 Å². The fraction of sp³-hybridized carbons (Fsp3) is 0.154. The predicted molar refractivity (Wildman–Crippen MR) is 64.0 cm³/mol. The average Bonchev–Trinajstić information content (AvgIpc) is 2.30. The number of pyridine rings is 1. The molecule has 2 rings (SSSR count). The number of rotatable bonds is 2. The molecule has 0 spiro atoms. The zero-order chi connectivity index (χ0) is 10.7. The highest BCUT2D eigenvalue weighted by Crippen LogP contribution is 2.21. The summed E-state index contributed by atoms with van der Waals surface area (Å²) in [6, 6.07) is 12.4. The van der Waals surface area contributed by atoms with Gasteiger partial charge in [0.1, 0.15) is 0 Å². The lowest BCUT2D eigenvalue weighted by Crippen LogP contribution is -2.08. The molecule has 0 saturated carbocycles. The molecule has 0 atom stereocenters. The Morgan fingerprint density at radius 1 is 0.933 bits per heavy atom. The summed E-state index contributed by atoms with van der Waals surface area (Å²) in [6.45, 7) is 0. The molecule has 1 aromatic carbocycles. The summed E-state index contributed by atoms with van der Waals surface area (Å²) in [7, 11) is 4.04. The van der Waals surface area contributed by atoms with Gasteiger partial charge in [-0.2, -0.15) is 0 Å². The van der Waals surface area contributed by atoms with Crippen LogP contribution in [-0.4, -0.2) is 19.1 Å². The van der Waals surface area contributed by atoms with E-state index in [0.29, 0.717) is 0 Å². The first kappa shape index (κ1) is 9.71. The van der Waals surface area contributed by atoms with Crippen LogP contribution in [0.2, 0.25) is 0 Å². The van der Waals surface area contributed by atoms with E-state index >= 15 is 0 Å². The van der Waals surface area contributed by atoms with Crippen molar-refractivity contribution in [3.8, 4) is 11.1 Å². The van der Waals surface area contributed by atoms with E-state index in [-0.39, 0.29) is 0 Å². The second-order valence-electron chi connectivity index (χ2n) is 3.69. The zero-order valence-corrected chi connectivity index (χ0v) is 9.01. The highest BCUT2D eigenvalue weighted by Gasteiger charge is 2.00. The summed E-state index contributed by atoms with van der Waals surface area (Å²) in [5.41, 5.74) is 3.48. The molecule has 0 saturated heterocycles. The van der Waals surface area contributed by atoms with Crippen LogP contribution in [0.25, 0.3) is 11.1 Å². The standard InChI is InChI=1S/C13H14N2/c1-15(2)13-8-12(9-14-10-13)11-6-4-3-5-7-11/h3-10H,1-2H3. The fourth-order valence-corrected chi connectivity index (χ4v) is 1.46. The normalized spacial score (nSPS) is 10.0. The molecule has 0 aliphatic carbocycles. The number of hydrogen-bond donors (Lipinski definition) is 0. The summed E-state index contributed by atoms with van der Waals surface area (Å²) >= 11 is 0. The van der Waals surface area contributed by atoms with Crippen LogP contribution in [0.15, 0.2) is 48.8 Å². The van der Waals surface area contributed by atoms with Gasteiger partial charge in [0.25, 0.3) is 0 Å². The highest BCUT2D eigenvalue weighted by molar-refractivity contribution is 5.66. The zero-order valence-electron chi connectivity index (χ0n) is 9.01. The molecule has 76 valence electrons. The molecule has 0 aliphatic rings. The van der Waals surface area contributed by atoms with Crippen molar-refractivity contribution in [3.05, 3.63) is 48.8 Å². The van der Waals surface area contributed by atoms with Crippen molar-refractivity contribution >= 4 is 5.69 Å². The molecule has 2 heteroatoms. The molecule has 0 amide bonds. The van der Waals surface area contributed by atoms with Gasteiger partial charge in [-0.1, -0.05) is 30.3 Å². The highest BCUT2D eigenvalue weighted by atomic mass is 15.1. The van der Waals surface area contributed by atoms with Gasteiger partial charge in [-0.05, 0) is 11.6 Å². The van der Waals surface area contributed by atoms with Crippen molar-refractivity contribution in [1.29, 1.82) is 0 Å². The third kappa shape index (κ3) is 2.15. The number of anilines is 1. The lowest BCUT2D eigenvalue weighted by molar-refractivity contribution is 1.11. The first-order chi connectivity index (χ1) is 7.27. The molecule has 1 aromatic heterocycles. The maximum Gasteiger partial charge on any atom is 0.0553 e. The van der Waals surface area contributed by atoms with Crippen molar-refractivity contribution in [2.45, 2.75) is 0 Å². The molecule has 2 aromatic rings. The van der Waals surface area contributed by atoms with Gasteiger partial charge < -0.3 is 4.90 Å². The first-order valence-electron chi connectivity index (χ1n) is 4.95. The van der Waals surface area contributed by atoms with Gasteiger partial charge >= 0.3 is 0 Å². The lowest BCUT2D eigenvalue weighted by atomic mass is 10.1. The molecule has 2 nitrogen and oxygen atoms in total. The molecule has 0 unspecified atom stereocenters. The Kier molecular flexibility index (Phi) is 2.68. The Morgan fingerprint density at radius 2 is 1.67 bits per heavy atom. The van der Waals surface area contributed by atoms with Gasteiger partial charge in [0, 0.05) is 25.9 Å². The molecular formula is C13H14N2. The summed E-state index contributed by atoms with van der Waals surface area (Å²) in [5, 5.41) is 0. The first-order valence-corrected chi connectivity index (χ1v) is 4.95. The molecule has 0 aliphatic heterocycles.